The van der Waals surface area contributed by atoms with Crippen molar-refractivity contribution in [3.8, 4) is 5.75 Å². The van der Waals surface area contributed by atoms with E-state index in [0.717, 1.165) is 16.8 Å². The molecule has 0 saturated heterocycles. The van der Waals surface area contributed by atoms with Gasteiger partial charge >= 0.3 is 5.97 Å². The zero-order chi connectivity index (χ0) is 13.8. The van der Waals surface area contributed by atoms with Crippen LogP contribution >= 0.6 is 0 Å². The number of nitrogens with zero attached hydrogens (tertiary/aromatic N) is 1. The van der Waals surface area contributed by atoms with E-state index in [4.69, 9.17) is 9.84 Å². The monoisotopic (exact) mass is 257 g/mol. The van der Waals surface area contributed by atoms with E-state index in [1.54, 1.807) is 24.4 Å². The number of carboxylic acid groups (broad SMARTS) is 1. The van der Waals surface area contributed by atoms with Crippen LogP contribution in [0.2, 0.25) is 0 Å². The molecular weight excluding hydrogens is 242 g/mol. The Bertz CT molecular complexity index is 608. The van der Waals surface area contributed by atoms with Gasteiger partial charge in [-0.15, -0.1) is 0 Å². The lowest BCUT2D eigenvalue weighted by atomic mass is 10.1. The predicted octanol–water partition coefficient (Wildman–Crippen LogP) is 2.98. The van der Waals surface area contributed by atoms with Gasteiger partial charge in [0, 0.05) is 6.20 Å². The molecule has 1 aromatic carbocycles. The number of rotatable bonds is 4. The van der Waals surface area contributed by atoms with E-state index in [0.29, 0.717) is 5.75 Å². The first-order valence-corrected chi connectivity index (χ1v) is 5.95. The number of aromatic nitrogens is 1. The fourth-order valence-corrected chi connectivity index (χ4v) is 1.74. The number of carboxylic acids is 1. The van der Waals surface area contributed by atoms with Gasteiger partial charge in [-0.05, 0) is 43.2 Å². The molecule has 2 rings (SSSR count). The van der Waals surface area contributed by atoms with Crippen molar-refractivity contribution in [1.82, 2.24) is 4.98 Å². The number of carbonyl (C=O) groups is 1. The highest BCUT2D eigenvalue weighted by Crippen LogP contribution is 2.21. The summed E-state index contributed by atoms with van der Waals surface area (Å²) in [6.07, 6.45) is 1.69. The highest BCUT2D eigenvalue weighted by molar-refractivity contribution is 5.90. The lowest BCUT2D eigenvalue weighted by molar-refractivity contribution is 0.0691. The fourth-order valence-electron chi connectivity index (χ4n) is 1.74. The number of benzene rings is 1. The van der Waals surface area contributed by atoms with Crippen LogP contribution in [0.15, 0.2) is 36.5 Å². The summed E-state index contributed by atoms with van der Waals surface area (Å²) < 4.78 is 5.60. The molecule has 0 aliphatic heterocycles. The van der Waals surface area contributed by atoms with Gasteiger partial charge in [-0.1, -0.05) is 12.1 Å². The molecule has 0 spiro atoms. The molecule has 4 heteroatoms. The summed E-state index contributed by atoms with van der Waals surface area (Å²) >= 11 is 0. The highest BCUT2D eigenvalue weighted by Gasteiger charge is 2.12. The Morgan fingerprint density at radius 1 is 1.32 bits per heavy atom. The second kappa shape index (κ2) is 5.52. The van der Waals surface area contributed by atoms with Crippen LogP contribution in [0.3, 0.4) is 0 Å². The lowest BCUT2D eigenvalue weighted by Crippen LogP contribution is -2.05. The number of aryl methyl sites for hydroxylation is 2. The first kappa shape index (κ1) is 13.1. The van der Waals surface area contributed by atoms with Crippen molar-refractivity contribution in [2.45, 2.75) is 20.5 Å². The van der Waals surface area contributed by atoms with E-state index < -0.39 is 5.97 Å². The smallest absolute Gasteiger partial charge is 0.339 e. The second-order valence-corrected chi connectivity index (χ2v) is 4.36. The molecule has 0 aliphatic carbocycles. The minimum atomic E-state index is -0.993. The summed E-state index contributed by atoms with van der Waals surface area (Å²) in [7, 11) is 0. The van der Waals surface area contributed by atoms with E-state index in [1.807, 2.05) is 26.0 Å². The molecule has 0 aliphatic rings. The van der Waals surface area contributed by atoms with Gasteiger partial charge in [-0.3, -0.25) is 4.98 Å². The molecule has 98 valence electrons. The quantitative estimate of drug-likeness (QED) is 0.914. The minimum Gasteiger partial charge on any atom is -0.486 e. The van der Waals surface area contributed by atoms with E-state index in [1.165, 1.54) is 0 Å². The maximum atomic E-state index is 11.1. The molecule has 0 fully saturated rings. The summed E-state index contributed by atoms with van der Waals surface area (Å²) in [5.41, 5.74) is 2.95. The Morgan fingerprint density at radius 2 is 2.11 bits per heavy atom. The SMILES string of the molecule is Cc1ccc(C(=O)O)c(OCc2ncccc2C)c1. The van der Waals surface area contributed by atoms with Crippen LogP contribution < -0.4 is 4.74 Å². The predicted molar refractivity (Wildman–Crippen MR) is 71.4 cm³/mol. The maximum absolute atomic E-state index is 11.1. The van der Waals surface area contributed by atoms with Crippen molar-refractivity contribution in [3.05, 3.63) is 58.9 Å². The van der Waals surface area contributed by atoms with Gasteiger partial charge in [0.05, 0.1) is 5.69 Å². The Morgan fingerprint density at radius 3 is 2.79 bits per heavy atom. The molecule has 1 aromatic heterocycles. The summed E-state index contributed by atoms with van der Waals surface area (Å²) in [6, 6.07) is 8.83. The van der Waals surface area contributed by atoms with Crippen LogP contribution in [-0.4, -0.2) is 16.1 Å². The average Bonchev–Trinajstić information content (AvgIpc) is 2.37. The summed E-state index contributed by atoms with van der Waals surface area (Å²) in [5.74, 6) is -0.620. The molecule has 0 saturated carbocycles. The van der Waals surface area contributed by atoms with Gasteiger partial charge in [0.25, 0.3) is 0 Å². The molecular formula is C15H15NO3. The molecule has 0 atom stereocenters. The van der Waals surface area contributed by atoms with E-state index in [9.17, 15) is 4.79 Å². The Balaban J connectivity index is 2.22. The molecule has 0 bridgehead atoms. The summed E-state index contributed by atoms with van der Waals surface area (Å²) in [5, 5.41) is 9.11. The molecule has 0 radical (unpaired) electrons. The molecule has 0 unspecified atom stereocenters. The van der Waals surface area contributed by atoms with Crippen LogP contribution in [0, 0.1) is 13.8 Å². The fraction of sp³-hybridized carbons (Fsp3) is 0.200. The van der Waals surface area contributed by atoms with Crippen LogP contribution in [-0.2, 0) is 6.61 Å². The van der Waals surface area contributed by atoms with E-state index in [-0.39, 0.29) is 12.2 Å². The van der Waals surface area contributed by atoms with Gasteiger partial charge in [0.2, 0.25) is 0 Å². The zero-order valence-electron chi connectivity index (χ0n) is 10.9. The van der Waals surface area contributed by atoms with Crippen molar-refractivity contribution < 1.29 is 14.6 Å². The molecule has 19 heavy (non-hydrogen) atoms. The lowest BCUT2D eigenvalue weighted by Gasteiger charge is -2.10. The number of aromatic carboxylic acids is 1. The van der Waals surface area contributed by atoms with Crippen molar-refractivity contribution in [2.24, 2.45) is 0 Å². The van der Waals surface area contributed by atoms with Crippen molar-refractivity contribution in [1.29, 1.82) is 0 Å². The van der Waals surface area contributed by atoms with Crippen molar-refractivity contribution in [3.63, 3.8) is 0 Å². The standard InChI is InChI=1S/C15H15NO3/c1-10-5-6-12(15(17)18)14(8-10)19-9-13-11(2)4-3-7-16-13/h3-8H,9H2,1-2H3,(H,17,18). The van der Waals surface area contributed by atoms with Gasteiger partial charge in [-0.2, -0.15) is 0 Å². The Labute approximate surface area is 111 Å². The van der Waals surface area contributed by atoms with Crippen molar-refractivity contribution in [2.75, 3.05) is 0 Å². The first-order valence-electron chi connectivity index (χ1n) is 5.95. The number of hydrogen-bond acceptors (Lipinski definition) is 3. The van der Waals surface area contributed by atoms with Gasteiger partial charge in [-0.25, -0.2) is 4.79 Å². The highest BCUT2D eigenvalue weighted by atomic mass is 16.5. The summed E-state index contributed by atoms with van der Waals surface area (Å²) in [6.45, 7) is 4.10. The number of pyridine rings is 1. The zero-order valence-corrected chi connectivity index (χ0v) is 10.9. The average molecular weight is 257 g/mol. The van der Waals surface area contributed by atoms with Gasteiger partial charge in [0.15, 0.2) is 0 Å². The number of ether oxygens (including phenoxy) is 1. The van der Waals surface area contributed by atoms with Crippen LogP contribution in [0.5, 0.6) is 5.75 Å². The van der Waals surface area contributed by atoms with E-state index >= 15 is 0 Å². The normalized spacial score (nSPS) is 10.2. The van der Waals surface area contributed by atoms with E-state index in [2.05, 4.69) is 4.98 Å². The molecule has 2 aromatic rings. The third-order valence-electron chi connectivity index (χ3n) is 2.85. The maximum Gasteiger partial charge on any atom is 0.339 e. The third-order valence-corrected chi connectivity index (χ3v) is 2.85. The molecule has 1 heterocycles. The largest absolute Gasteiger partial charge is 0.486 e. The number of hydrogen-bond donors (Lipinski definition) is 1. The second-order valence-electron chi connectivity index (χ2n) is 4.36. The van der Waals surface area contributed by atoms with Gasteiger partial charge in [0.1, 0.15) is 17.9 Å². The molecule has 4 nitrogen and oxygen atoms in total. The van der Waals surface area contributed by atoms with Crippen molar-refractivity contribution >= 4 is 5.97 Å². The van der Waals surface area contributed by atoms with Gasteiger partial charge < -0.3 is 9.84 Å². The third kappa shape index (κ3) is 3.10. The van der Waals surface area contributed by atoms with Crippen LogP contribution in [0.1, 0.15) is 27.2 Å². The topological polar surface area (TPSA) is 59.4 Å². The summed E-state index contributed by atoms with van der Waals surface area (Å²) in [4.78, 5) is 15.3. The van der Waals surface area contributed by atoms with Crippen LogP contribution in [0.25, 0.3) is 0 Å². The first-order chi connectivity index (χ1) is 9.08. The Kier molecular flexibility index (Phi) is 3.80. The molecule has 0 amide bonds. The minimum absolute atomic E-state index is 0.166. The van der Waals surface area contributed by atoms with Crippen LogP contribution in [0.4, 0.5) is 0 Å². The molecule has 1 N–H and O–H groups in total. The Hall–Kier alpha value is -2.36.